The minimum Gasteiger partial charge on any atom is -0.505 e. The second kappa shape index (κ2) is 4.73. The Morgan fingerprint density at radius 2 is 2.35 bits per heavy atom. The van der Waals surface area contributed by atoms with Gasteiger partial charge in [-0.1, -0.05) is 13.8 Å². The summed E-state index contributed by atoms with van der Waals surface area (Å²) in [5.74, 6) is 0.951. The van der Waals surface area contributed by atoms with Crippen molar-refractivity contribution in [3.05, 3.63) is 24.0 Å². The third-order valence-corrected chi connectivity index (χ3v) is 3.44. The van der Waals surface area contributed by atoms with Gasteiger partial charge < -0.3 is 10.0 Å². The van der Waals surface area contributed by atoms with E-state index >= 15 is 0 Å². The Hall–Kier alpha value is -1.58. The summed E-state index contributed by atoms with van der Waals surface area (Å²) < 4.78 is 0. The molecule has 1 fully saturated rings. The van der Waals surface area contributed by atoms with Crippen LogP contribution >= 0.6 is 0 Å². The molecule has 1 aliphatic heterocycles. The number of hydrogen-bond acceptors (Lipinski definition) is 3. The van der Waals surface area contributed by atoms with Gasteiger partial charge in [0.15, 0.2) is 5.69 Å². The van der Waals surface area contributed by atoms with E-state index in [1.54, 1.807) is 11.0 Å². The topological polar surface area (TPSA) is 53.4 Å². The van der Waals surface area contributed by atoms with Gasteiger partial charge in [-0.05, 0) is 30.4 Å². The lowest BCUT2D eigenvalue weighted by molar-refractivity contribution is 0.0775. The third kappa shape index (κ3) is 2.40. The molecule has 4 heteroatoms. The maximum atomic E-state index is 12.1. The first-order chi connectivity index (χ1) is 8.09. The van der Waals surface area contributed by atoms with Crippen molar-refractivity contribution in [2.24, 2.45) is 11.8 Å². The molecule has 1 aliphatic rings. The van der Waals surface area contributed by atoms with Crippen LogP contribution in [0.25, 0.3) is 0 Å². The molecule has 1 amide bonds. The average Bonchev–Trinajstić information content (AvgIpc) is 2.78. The number of hydrogen-bond donors (Lipinski definition) is 1. The number of nitrogens with zero attached hydrogens (tertiary/aromatic N) is 2. The van der Waals surface area contributed by atoms with Gasteiger partial charge in [-0.15, -0.1) is 0 Å². The number of carbonyl (C=O) groups excluding carboxylic acids is 1. The molecule has 2 heterocycles. The zero-order chi connectivity index (χ0) is 12.4. The SMILES string of the molecule is CC(C)C1CCN(C(=O)c2ncccc2O)C1. The highest BCUT2D eigenvalue weighted by atomic mass is 16.3. The fourth-order valence-corrected chi connectivity index (χ4v) is 2.23. The maximum Gasteiger partial charge on any atom is 0.276 e. The van der Waals surface area contributed by atoms with E-state index in [0.29, 0.717) is 11.8 Å². The lowest BCUT2D eigenvalue weighted by Gasteiger charge is -2.18. The molecule has 1 N–H and O–H groups in total. The third-order valence-electron chi connectivity index (χ3n) is 3.44. The molecule has 1 unspecified atom stereocenters. The largest absolute Gasteiger partial charge is 0.505 e. The molecular weight excluding hydrogens is 216 g/mol. The first kappa shape index (κ1) is 11.9. The van der Waals surface area contributed by atoms with Crippen LogP contribution in [0.15, 0.2) is 18.3 Å². The number of pyridine rings is 1. The molecule has 0 saturated carbocycles. The Balaban J connectivity index is 2.10. The number of aromatic hydroxyl groups is 1. The molecule has 0 aromatic carbocycles. The second-order valence-electron chi connectivity index (χ2n) is 4.92. The van der Waals surface area contributed by atoms with Crippen LogP contribution in [0.1, 0.15) is 30.8 Å². The van der Waals surface area contributed by atoms with Crippen molar-refractivity contribution < 1.29 is 9.90 Å². The smallest absolute Gasteiger partial charge is 0.276 e. The van der Waals surface area contributed by atoms with Crippen LogP contribution < -0.4 is 0 Å². The lowest BCUT2D eigenvalue weighted by Crippen LogP contribution is -2.30. The maximum absolute atomic E-state index is 12.1. The van der Waals surface area contributed by atoms with Crippen molar-refractivity contribution in [2.45, 2.75) is 20.3 Å². The van der Waals surface area contributed by atoms with Gasteiger partial charge in [-0.2, -0.15) is 0 Å². The first-order valence-corrected chi connectivity index (χ1v) is 6.03. The fraction of sp³-hybridized carbons (Fsp3) is 0.538. The van der Waals surface area contributed by atoms with Gasteiger partial charge in [-0.3, -0.25) is 4.79 Å². The van der Waals surface area contributed by atoms with E-state index in [2.05, 4.69) is 18.8 Å². The van der Waals surface area contributed by atoms with Crippen LogP contribution in [0.4, 0.5) is 0 Å². The molecule has 0 bridgehead atoms. The summed E-state index contributed by atoms with van der Waals surface area (Å²) in [6, 6.07) is 3.11. The molecule has 4 nitrogen and oxygen atoms in total. The molecule has 1 saturated heterocycles. The summed E-state index contributed by atoms with van der Waals surface area (Å²) in [6.45, 7) is 5.89. The van der Waals surface area contributed by atoms with Gasteiger partial charge in [0.25, 0.3) is 5.91 Å². The van der Waals surface area contributed by atoms with Crippen molar-refractivity contribution in [2.75, 3.05) is 13.1 Å². The van der Waals surface area contributed by atoms with Crippen LogP contribution in [0, 0.1) is 11.8 Å². The van der Waals surface area contributed by atoms with Crippen molar-refractivity contribution in [3.8, 4) is 5.75 Å². The second-order valence-corrected chi connectivity index (χ2v) is 4.92. The van der Waals surface area contributed by atoms with E-state index in [4.69, 9.17) is 0 Å². The van der Waals surface area contributed by atoms with Crippen molar-refractivity contribution in [1.29, 1.82) is 0 Å². The predicted molar refractivity (Wildman–Crippen MR) is 64.8 cm³/mol. The van der Waals surface area contributed by atoms with Gasteiger partial charge in [0.05, 0.1) is 0 Å². The Labute approximate surface area is 101 Å². The zero-order valence-corrected chi connectivity index (χ0v) is 10.3. The molecule has 0 spiro atoms. The molecule has 17 heavy (non-hydrogen) atoms. The van der Waals surface area contributed by atoms with Crippen LogP contribution in [0.2, 0.25) is 0 Å². The normalized spacial score (nSPS) is 19.9. The van der Waals surface area contributed by atoms with Gasteiger partial charge in [0.2, 0.25) is 0 Å². The Kier molecular flexibility index (Phi) is 3.31. The van der Waals surface area contributed by atoms with Gasteiger partial charge >= 0.3 is 0 Å². The van der Waals surface area contributed by atoms with Crippen LogP contribution in [-0.2, 0) is 0 Å². The monoisotopic (exact) mass is 234 g/mol. The zero-order valence-electron chi connectivity index (χ0n) is 10.3. The number of likely N-dealkylation sites (tertiary alicyclic amines) is 1. The average molecular weight is 234 g/mol. The van der Waals surface area contributed by atoms with Gasteiger partial charge in [-0.25, -0.2) is 4.98 Å². The summed E-state index contributed by atoms with van der Waals surface area (Å²) >= 11 is 0. The molecule has 0 aliphatic carbocycles. The minimum absolute atomic E-state index is 0.0366. The Bertz CT molecular complexity index is 418. The summed E-state index contributed by atoms with van der Waals surface area (Å²) in [4.78, 5) is 17.9. The molecule has 0 radical (unpaired) electrons. The Morgan fingerprint density at radius 1 is 1.59 bits per heavy atom. The quantitative estimate of drug-likeness (QED) is 0.850. The van der Waals surface area contributed by atoms with E-state index in [1.165, 1.54) is 12.3 Å². The molecule has 1 atom stereocenters. The fourth-order valence-electron chi connectivity index (χ4n) is 2.23. The highest BCUT2D eigenvalue weighted by Crippen LogP contribution is 2.26. The molecule has 1 aromatic rings. The lowest BCUT2D eigenvalue weighted by atomic mass is 9.95. The van der Waals surface area contributed by atoms with E-state index in [1.807, 2.05) is 0 Å². The molecule has 1 aromatic heterocycles. The van der Waals surface area contributed by atoms with Gasteiger partial charge in [0, 0.05) is 19.3 Å². The van der Waals surface area contributed by atoms with Crippen LogP contribution in [0.5, 0.6) is 5.75 Å². The highest BCUT2D eigenvalue weighted by molar-refractivity contribution is 5.94. The Morgan fingerprint density at radius 3 is 2.94 bits per heavy atom. The van der Waals surface area contributed by atoms with Gasteiger partial charge in [0.1, 0.15) is 5.75 Å². The van der Waals surface area contributed by atoms with Crippen molar-refractivity contribution in [3.63, 3.8) is 0 Å². The number of amides is 1. The standard InChI is InChI=1S/C13H18N2O2/c1-9(2)10-5-7-15(8-10)13(17)12-11(16)4-3-6-14-12/h3-4,6,9-10,16H,5,7-8H2,1-2H3. The minimum atomic E-state index is -0.161. The first-order valence-electron chi connectivity index (χ1n) is 6.03. The number of aromatic nitrogens is 1. The van der Waals surface area contributed by atoms with Crippen molar-refractivity contribution in [1.82, 2.24) is 9.88 Å². The summed E-state index contributed by atoms with van der Waals surface area (Å²) in [5.41, 5.74) is 0.164. The van der Waals surface area contributed by atoms with E-state index in [-0.39, 0.29) is 17.4 Å². The van der Waals surface area contributed by atoms with E-state index in [0.717, 1.165) is 19.5 Å². The number of carbonyl (C=O) groups is 1. The summed E-state index contributed by atoms with van der Waals surface area (Å²) in [6.07, 6.45) is 2.57. The summed E-state index contributed by atoms with van der Waals surface area (Å²) in [7, 11) is 0. The summed E-state index contributed by atoms with van der Waals surface area (Å²) in [5, 5.41) is 9.61. The van der Waals surface area contributed by atoms with E-state index < -0.39 is 0 Å². The molecular formula is C13H18N2O2. The molecule has 92 valence electrons. The van der Waals surface area contributed by atoms with Crippen LogP contribution in [0.3, 0.4) is 0 Å². The van der Waals surface area contributed by atoms with Crippen LogP contribution in [-0.4, -0.2) is 34.0 Å². The predicted octanol–water partition coefficient (Wildman–Crippen LogP) is 1.91. The molecule has 2 rings (SSSR count). The van der Waals surface area contributed by atoms with E-state index in [9.17, 15) is 9.90 Å². The van der Waals surface area contributed by atoms with Crippen molar-refractivity contribution >= 4 is 5.91 Å². The number of rotatable bonds is 2. The highest BCUT2D eigenvalue weighted by Gasteiger charge is 2.30.